The highest BCUT2D eigenvalue weighted by Gasteiger charge is 2.15. The normalized spacial score (nSPS) is 11.0. The van der Waals surface area contributed by atoms with E-state index in [0.717, 1.165) is 5.39 Å². The molecular formula is C14H12N4O3S. The summed E-state index contributed by atoms with van der Waals surface area (Å²) in [6, 6.07) is 6.75. The number of benzene rings is 1. The minimum atomic E-state index is -0.982. The van der Waals surface area contributed by atoms with E-state index >= 15 is 0 Å². The molecule has 0 bridgehead atoms. The van der Waals surface area contributed by atoms with Crippen molar-refractivity contribution in [1.29, 1.82) is 0 Å². The summed E-state index contributed by atoms with van der Waals surface area (Å²) < 4.78 is 1.59. The number of hydrogen-bond donors (Lipinski definition) is 2. The smallest absolute Gasteiger partial charge is 0.336 e. The number of aliphatic hydroxyl groups is 1. The van der Waals surface area contributed by atoms with E-state index in [2.05, 4.69) is 15.1 Å². The Balaban J connectivity index is 2.03. The molecule has 112 valence electrons. The molecule has 2 heterocycles. The predicted octanol–water partition coefficient (Wildman–Crippen LogP) is 1.67. The minimum Gasteiger partial charge on any atom is -0.478 e. The molecule has 0 spiro atoms. The molecule has 1 aromatic carbocycles. The van der Waals surface area contributed by atoms with Crippen molar-refractivity contribution in [2.45, 2.75) is 16.5 Å². The molecule has 0 aliphatic rings. The van der Waals surface area contributed by atoms with Crippen molar-refractivity contribution in [2.75, 3.05) is 6.61 Å². The molecule has 0 aliphatic heterocycles. The van der Waals surface area contributed by atoms with Crippen molar-refractivity contribution in [2.24, 2.45) is 0 Å². The molecule has 0 radical (unpaired) electrons. The first kappa shape index (κ1) is 14.5. The van der Waals surface area contributed by atoms with Crippen molar-refractivity contribution in [3.63, 3.8) is 0 Å². The zero-order valence-corrected chi connectivity index (χ0v) is 12.2. The third-order valence-electron chi connectivity index (χ3n) is 3.03. The summed E-state index contributed by atoms with van der Waals surface area (Å²) in [6.45, 7) is 0.307. The topological polar surface area (TPSA) is 101 Å². The summed E-state index contributed by atoms with van der Waals surface area (Å²) in [6.07, 6.45) is 3.03. The van der Waals surface area contributed by atoms with Crippen molar-refractivity contribution in [3.8, 4) is 0 Å². The predicted molar refractivity (Wildman–Crippen MR) is 79.9 cm³/mol. The maximum Gasteiger partial charge on any atom is 0.336 e. The van der Waals surface area contributed by atoms with Gasteiger partial charge in [-0.1, -0.05) is 23.9 Å². The van der Waals surface area contributed by atoms with Crippen LogP contribution in [0.1, 0.15) is 10.4 Å². The highest BCUT2D eigenvalue weighted by Crippen LogP contribution is 2.33. The number of fused-ring (bicyclic) bond motifs is 1. The van der Waals surface area contributed by atoms with E-state index in [0.29, 0.717) is 22.1 Å². The van der Waals surface area contributed by atoms with Gasteiger partial charge in [0.25, 0.3) is 0 Å². The van der Waals surface area contributed by atoms with Crippen molar-refractivity contribution in [1.82, 2.24) is 19.7 Å². The largest absolute Gasteiger partial charge is 0.478 e. The lowest BCUT2D eigenvalue weighted by Crippen LogP contribution is -2.04. The average molecular weight is 316 g/mol. The maximum absolute atomic E-state index is 11.3. The van der Waals surface area contributed by atoms with Crippen LogP contribution in [0.2, 0.25) is 0 Å². The molecule has 8 heteroatoms. The second-order valence-electron chi connectivity index (χ2n) is 4.41. The molecule has 0 fully saturated rings. The van der Waals surface area contributed by atoms with Gasteiger partial charge in [-0.3, -0.25) is 0 Å². The fourth-order valence-electron chi connectivity index (χ4n) is 2.05. The number of hydrogen-bond acceptors (Lipinski definition) is 6. The minimum absolute atomic E-state index is 0.0366. The summed E-state index contributed by atoms with van der Waals surface area (Å²) in [4.78, 5) is 20.3. The van der Waals surface area contributed by atoms with Crippen molar-refractivity contribution >= 4 is 28.8 Å². The number of carboxylic acids is 1. The molecule has 0 unspecified atom stereocenters. The van der Waals surface area contributed by atoms with Crippen molar-refractivity contribution in [3.05, 3.63) is 42.4 Å². The van der Waals surface area contributed by atoms with E-state index in [1.54, 1.807) is 35.1 Å². The van der Waals surface area contributed by atoms with Gasteiger partial charge in [0.2, 0.25) is 0 Å². The van der Waals surface area contributed by atoms with Crippen LogP contribution >= 0.6 is 11.8 Å². The Bertz CT molecular complexity index is 834. The first-order valence-corrected chi connectivity index (χ1v) is 7.30. The van der Waals surface area contributed by atoms with Gasteiger partial charge in [0.15, 0.2) is 5.65 Å². The Kier molecular flexibility index (Phi) is 4.03. The quantitative estimate of drug-likeness (QED) is 0.690. The number of aromatic nitrogens is 4. The van der Waals surface area contributed by atoms with Crippen LogP contribution in [-0.2, 0) is 6.54 Å². The van der Waals surface area contributed by atoms with Crippen LogP contribution < -0.4 is 0 Å². The molecular weight excluding hydrogens is 304 g/mol. The lowest BCUT2D eigenvalue weighted by molar-refractivity contribution is 0.0693. The van der Waals surface area contributed by atoms with Crippen LogP contribution in [0.3, 0.4) is 0 Å². The summed E-state index contributed by atoms with van der Waals surface area (Å²) >= 11 is 1.26. The van der Waals surface area contributed by atoms with Crippen molar-refractivity contribution < 1.29 is 15.0 Å². The molecule has 2 N–H and O–H groups in total. The number of carbonyl (C=O) groups is 1. The van der Waals surface area contributed by atoms with Gasteiger partial charge in [-0.15, -0.1) is 0 Å². The molecule has 0 aliphatic carbocycles. The van der Waals surface area contributed by atoms with Gasteiger partial charge in [-0.2, -0.15) is 5.10 Å². The SMILES string of the molecule is O=C(O)c1ccccc1Sc1ncnc2c1cnn2CCO. The number of nitrogens with zero attached hydrogens (tertiary/aromatic N) is 4. The Morgan fingerprint density at radius 1 is 1.27 bits per heavy atom. The fraction of sp³-hybridized carbons (Fsp3) is 0.143. The molecule has 2 aromatic heterocycles. The third kappa shape index (κ3) is 2.66. The maximum atomic E-state index is 11.3. The van der Waals surface area contributed by atoms with Crippen LogP contribution in [0.25, 0.3) is 11.0 Å². The zero-order chi connectivity index (χ0) is 15.5. The highest BCUT2D eigenvalue weighted by molar-refractivity contribution is 7.99. The van der Waals surface area contributed by atoms with Crippen LogP contribution in [0.5, 0.6) is 0 Å². The molecule has 22 heavy (non-hydrogen) atoms. The Labute approximate surface area is 129 Å². The van der Waals surface area contributed by atoms with Crippen LogP contribution in [-0.4, -0.2) is 42.5 Å². The molecule has 0 atom stereocenters. The molecule has 0 saturated heterocycles. The summed E-state index contributed by atoms with van der Waals surface area (Å²) in [5.74, 6) is -0.982. The summed E-state index contributed by atoms with van der Waals surface area (Å²) in [5, 5.41) is 23.8. The van der Waals surface area contributed by atoms with Crippen LogP contribution in [0, 0.1) is 0 Å². The lowest BCUT2D eigenvalue weighted by Gasteiger charge is -2.05. The first-order valence-electron chi connectivity index (χ1n) is 6.48. The van der Waals surface area contributed by atoms with Crippen LogP contribution in [0.4, 0.5) is 0 Å². The second kappa shape index (κ2) is 6.12. The Morgan fingerprint density at radius 3 is 2.86 bits per heavy atom. The first-order chi connectivity index (χ1) is 10.7. The lowest BCUT2D eigenvalue weighted by atomic mass is 10.2. The van der Waals surface area contributed by atoms with Gasteiger partial charge in [-0.25, -0.2) is 19.4 Å². The molecule has 0 saturated carbocycles. The van der Waals surface area contributed by atoms with Gasteiger partial charge >= 0.3 is 5.97 Å². The summed E-state index contributed by atoms with van der Waals surface area (Å²) in [5.41, 5.74) is 0.835. The molecule has 7 nitrogen and oxygen atoms in total. The van der Waals surface area contributed by atoms with Gasteiger partial charge in [0, 0.05) is 4.90 Å². The highest BCUT2D eigenvalue weighted by atomic mass is 32.2. The zero-order valence-electron chi connectivity index (χ0n) is 11.4. The summed E-state index contributed by atoms with van der Waals surface area (Å²) in [7, 11) is 0. The van der Waals surface area contributed by atoms with Gasteiger partial charge < -0.3 is 10.2 Å². The molecule has 3 rings (SSSR count). The fourth-order valence-corrected chi connectivity index (χ4v) is 3.02. The molecule has 0 amide bonds. The average Bonchev–Trinajstić information content (AvgIpc) is 2.92. The number of aromatic carboxylic acids is 1. The molecule has 3 aromatic rings. The second-order valence-corrected chi connectivity index (χ2v) is 5.44. The monoisotopic (exact) mass is 316 g/mol. The standard InChI is InChI=1S/C14H12N4O3S/c19-6-5-18-12-10(7-17-18)13(16-8-15-12)22-11-4-2-1-3-9(11)14(20)21/h1-4,7-8,19H,5-6H2,(H,20,21). The van der Waals surface area contributed by atoms with E-state index in [1.807, 2.05) is 0 Å². The van der Waals surface area contributed by atoms with Crippen LogP contribution in [0.15, 0.2) is 46.7 Å². The van der Waals surface area contributed by atoms with E-state index in [4.69, 9.17) is 5.11 Å². The van der Waals surface area contributed by atoms with E-state index < -0.39 is 5.97 Å². The van der Waals surface area contributed by atoms with E-state index in [9.17, 15) is 9.90 Å². The van der Waals surface area contributed by atoms with Gasteiger partial charge in [-0.05, 0) is 12.1 Å². The number of aliphatic hydroxyl groups excluding tert-OH is 1. The Hall–Kier alpha value is -2.45. The van der Waals surface area contributed by atoms with E-state index in [-0.39, 0.29) is 12.2 Å². The van der Waals surface area contributed by atoms with E-state index in [1.165, 1.54) is 18.1 Å². The Morgan fingerprint density at radius 2 is 2.09 bits per heavy atom. The van der Waals surface area contributed by atoms with Gasteiger partial charge in [0.05, 0.1) is 30.3 Å². The number of rotatable bonds is 5. The van der Waals surface area contributed by atoms with Gasteiger partial charge in [0.1, 0.15) is 11.4 Å². The third-order valence-corrected chi connectivity index (χ3v) is 4.13. The number of carboxylic acid groups (broad SMARTS) is 1.